The first-order valence-corrected chi connectivity index (χ1v) is 6.72. The Balaban J connectivity index is 2.12. The summed E-state index contributed by atoms with van der Waals surface area (Å²) in [5, 5.41) is 3.42. The molecule has 0 saturated carbocycles. The molecule has 0 aliphatic rings. The van der Waals surface area contributed by atoms with E-state index in [1.54, 1.807) is 0 Å². The van der Waals surface area contributed by atoms with E-state index in [1.807, 2.05) is 11.8 Å². The summed E-state index contributed by atoms with van der Waals surface area (Å²) in [5.41, 5.74) is 2.54. The van der Waals surface area contributed by atoms with Crippen LogP contribution in [0, 0.1) is 12.8 Å². The fraction of sp³-hybridized carbons (Fsp3) is 0.538. The molecule has 0 atom stereocenters. The summed E-state index contributed by atoms with van der Waals surface area (Å²) in [6.45, 7) is 7.70. The first-order chi connectivity index (χ1) is 7.18. The van der Waals surface area contributed by atoms with Crippen LogP contribution in [0.4, 0.5) is 5.69 Å². The van der Waals surface area contributed by atoms with Crippen LogP contribution in [-0.2, 0) is 0 Å². The Labute approximate surface area is 97.7 Å². The molecular formula is C13H21NS. The van der Waals surface area contributed by atoms with Crippen LogP contribution in [0.1, 0.15) is 19.4 Å². The summed E-state index contributed by atoms with van der Waals surface area (Å²) in [6, 6.07) is 8.57. The van der Waals surface area contributed by atoms with Crippen molar-refractivity contribution in [3.8, 4) is 0 Å². The normalized spacial score (nSPS) is 10.7. The molecule has 1 aromatic rings. The molecule has 0 heterocycles. The quantitative estimate of drug-likeness (QED) is 0.736. The van der Waals surface area contributed by atoms with Crippen molar-refractivity contribution >= 4 is 17.4 Å². The molecule has 0 unspecified atom stereocenters. The zero-order valence-corrected chi connectivity index (χ0v) is 10.7. The molecule has 0 bridgehead atoms. The van der Waals surface area contributed by atoms with Crippen LogP contribution in [0.25, 0.3) is 0 Å². The van der Waals surface area contributed by atoms with Crippen molar-refractivity contribution in [2.24, 2.45) is 5.92 Å². The second-order valence-electron chi connectivity index (χ2n) is 4.26. The third-order valence-electron chi connectivity index (χ3n) is 2.08. The van der Waals surface area contributed by atoms with Crippen molar-refractivity contribution in [3.63, 3.8) is 0 Å². The summed E-state index contributed by atoms with van der Waals surface area (Å²) in [6.07, 6.45) is 0. The van der Waals surface area contributed by atoms with E-state index in [1.165, 1.54) is 22.8 Å². The third-order valence-corrected chi connectivity index (χ3v) is 3.47. The molecular weight excluding hydrogens is 202 g/mol. The fourth-order valence-corrected chi connectivity index (χ4v) is 2.14. The molecule has 0 saturated heterocycles. The van der Waals surface area contributed by atoms with Crippen molar-refractivity contribution in [1.29, 1.82) is 0 Å². The van der Waals surface area contributed by atoms with Gasteiger partial charge in [-0.3, -0.25) is 0 Å². The van der Waals surface area contributed by atoms with E-state index in [9.17, 15) is 0 Å². The molecule has 1 nitrogen and oxygen atoms in total. The molecule has 0 radical (unpaired) electrons. The molecule has 0 aliphatic carbocycles. The highest BCUT2D eigenvalue weighted by atomic mass is 32.2. The predicted molar refractivity (Wildman–Crippen MR) is 71.8 cm³/mol. The second kappa shape index (κ2) is 6.78. The Hall–Kier alpha value is -0.630. The molecule has 0 fully saturated rings. The van der Waals surface area contributed by atoms with Gasteiger partial charge in [0, 0.05) is 18.0 Å². The lowest BCUT2D eigenvalue weighted by atomic mass is 10.2. The lowest BCUT2D eigenvalue weighted by Gasteiger charge is -2.07. The summed E-state index contributed by atoms with van der Waals surface area (Å²) in [7, 11) is 0. The van der Waals surface area contributed by atoms with E-state index >= 15 is 0 Å². The van der Waals surface area contributed by atoms with E-state index in [0.29, 0.717) is 0 Å². The maximum Gasteiger partial charge on any atom is 0.0340 e. The Morgan fingerprint density at radius 2 is 1.87 bits per heavy atom. The number of hydrogen-bond acceptors (Lipinski definition) is 2. The first kappa shape index (κ1) is 12.4. The predicted octanol–water partition coefficient (Wildman–Crippen LogP) is 3.80. The van der Waals surface area contributed by atoms with Gasteiger partial charge in [-0.1, -0.05) is 31.5 Å². The molecule has 0 spiro atoms. The van der Waals surface area contributed by atoms with Crippen LogP contribution in [0.2, 0.25) is 0 Å². The maximum absolute atomic E-state index is 3.42. The minimum Gasteiger partial charge on any atom is -0.384 e. The molecule has 0 amide bonds. The van der Waals surface area contributed by atoms with Gasteiger partial charge in [-0.25, -0.2) is 0 Å². The van der Waals surface area contributed by atoms with Crippen LogP contribution in [0.15, 0.2) is 24.3 Å². The summed E-state index contributed by atoms with van der Waals surface area (Å²) in [4.78, 5) is 0. The van der Waals surface area contributed by atoms with Gasteiger partial charge in [-0.15, -0.1) is 0 Å². The summed E-state index contributed by atoms with van der Waals surface area (Å²) in [5.74, 6) is 3.25. The number of rotatable bonds is 6. The van der Waals surface area contributed by atoms with E-state index in [0.717, 1.165) is 12.5 Å². The highest BCUT2D eigenvalue weighted by Crippen LogP contribution is 2.10. The van der Waals surface area contributed by atoms with Crippen LogP contribution < -0.4 is 5.32 Å². The topological polar surface area (TPSA) is 12.0 Å². The van der Waals surface area contributed by atoms with Gasteiger partial charge >= 0.3 is 0 Å². The third kappa shape index (κ3) is 5.73. The van der Waals surface area contributed by atoms with Gasteiger partial charge in [0.1, 0.15) is 0 Å². The van der Waals surface area contributed by atoms with Crippen LogP contribution >= 0.6 is 11.8 Å². The Morgan fingerprint density at radius 3 is 2.47 bits per heavy atom. The van der Waals surface area contributed by atoms with Crippen molar-refractivity contribution in [3.05, 3.63) is 29.8 Å². The van der Waals surface area contributed by atoms with Gasteiger partial charge in [0.15, 0.2) is 0 Å². The maximum atomic E-state index is 3.42. The number of nitrogens with one attached hydrogen (secondary N) is 1. The van der Waals surface area contributed by atoms with Gasteiger partial charge in [-0.05, 0) is 30.7 Å². The molecule has 2 heteroatoms. The van der Waals surface area contributed by atoms with Crippen LogP contribution in [0.5, 0.6) is 0 Å². The van der Waals surface area contributed by atoms with Crippen LogP contribution in [-0.4, -0.2) is 18.1 Å². The van der Waals surface area contributed by atoms with Gasteiger partial charge in [0.05, 0.1) is 0 Å². The van der Waals surface area contributed by atoms with E-state index in [2.05, 4.69) is 50.4 Å². The molecule has 1 N–H and O–H groups in total. The molecule has 0 aromatic heterocycles. The molecule has 84 valence electrons. The minimum absolute atomic E-state index is 0.800. The zero-order chi connectivity index (χ0) is 11.1. The summed E-state index contributed by atoms with van der Waals surface area (Å²) < 4.78 is 0. The number of aryl methyl sites for hydroxylation is 1. The van der Waals surface area contributed by atoms with E-state index in [4.69, 9.17) is 0 Å². The van der Waals surface area contributed by atoms with Crippen molar-refractivity contribution < 1.29 is 0 Å². The van der Waals surface area contributed by atoms with Gasteiger partial charge in [0.2, 0.25) is 0 Å². The monoisotopic (exact) mass is 223 g/mol. The number of anilines is 1. The molecule has 0 aliphatic heterocycles. The Kier molecular flexibility index (Phi) is 5.62. The Morgan fingerprint density at radius 1 is 1.20 bits per heavy atom. The first-order valence-electron chi connectivity index (χ1n) is 5.57. The highest BCUT2D eigenvalue weighted by molar-refractivity contribution is 7.99. The van der Waals surface area contributed by atoms with E-state index in [-0.39, 0.29) is 0 Å². The smallest absolute Gasteiger partial charge is 0.0340 e. The fourth-order valence-electron chi connectivity index (χ4n) is 1.26. The van der Waals surface area contributed by atoms with Gasteiger partial charge in [-0.2, -0.15) is 11.8 Å². The highest BCUT2D eigenvalue weighted by Gasteiger charge is 1.94. The number of hydrogen-bond donors (Lipinski definition) is 1. The van der Waals surface area contributed by atoms with Crippen molar-refractivity contribution in [2.45, 2.75) is 20.8 Å². The van der Waals surface area contributed by atoms with Gasteiger partial charge < -0.3 is 5.32 Å². The lowest BCUT2D eigenvalue weighted by molar-refractivity contribution is 0.750. The standard InChI is InChI=1S/C13H21NS/c1-11(2)10-15-9-8-14-13-6-4-12(3)5-7-13/h4-7,11,14H,8-10H2,1-3H3. The van der Waals surface area contributed by atoms with Crippen LogP contribution in [0.3, 0.4) is 0 Å². The van der Waals surface area contributed by atoms with Crippen molar-refractivity contribution in [2.75, 3.05) is 23.4 Å². The Bertz CT molecular complexity index is 266. The largest absolute Gasteiger partial charge is 0.384 e. The molecule has 15 heavy (non-hydrogen) atoms. The number of benzene rings is 1. The average molecular weight is 223 g/mol. The number of thioether (sulfide) groups is 1. The molecule has 1 rings (SSSR count). The second-order valence-corrected chi connectivity index (χ2v) is 5.41. The van der Waals surface area contributed by atoms with Gasteiger partial charge in [0.25, 0.3) is 0 Å². The minimum atomic E-state index is 0.800. The zero-order valence-electron chi connectivity index (χ0n) is 9.92. The average Bonchev–Trinajstić information content (AvgIpc) is 2.20. The SMILES string of the molecule is Cc1ccc(NCCSCC(C)C)cc1. The lowest BCUT2D eigenvalue weighted by Crippen LogP contribution is -2.05. The van der Waals surface area contributed by atoms with Crippen molar-refractivity contribution in [1.82, 2.24) is 0 Å². The van der Waals surface area contributed by atoms with E-state index < -0.39 is 0 Å². The molecule has 1 aromatic carbocycles. The summed E-state index contributed by atoms with van der Waals surface area (Å²) >= 11 is 2.02.